The Morgan fingerprint density at radius 1 is 0.875 bits per heavy atom. The summed E-state index contributed by atoms with van der Waals surface area (Å²) in [4.78, 5) is 20.4. The number of nitro groups is 2. The van der Waals surface area contributed by atoms with Crippen LogP contribution in [0.3, 0.4) is 0 Å². The average molecular weight is 346 g/mol. The van der Waals surface area contributed by atoms with E-state index in [1.54, 1.807) is 18.3 Å². The highest BCUT2D eigenvalue weighted by molar-refractivity contribution is 7.03. The van der Waals surface area contributed by atoms with Gasteiger partial charge in [-0.3, -0.25) is 20.2 Å². The SMILES string of the molecule is O=[N+]([O-])c1ccccc1Oc1ccccc1[N+](=O)[O-].c1csnn1. The van der Waals surface area contributed by atoms with Crippen LogP contribution in [0.4, 0.5) is 11.4 Å². The molecule has 3 aromatic rings. The molecule has 0 saturated carbocycles. The zero-order valence-electron chi connectivity index (χ0n) is 12.0. The Kier molecular flexibility index (Phi) is 5.86. The summed E-state index contributed by atoms with van der Waals surface area (Å²) in [7, 11) is 0. The van der Waals surface area contributed by atoms with Crippen LogP contribution in [-0.2, 0) is 0 Å². The minimum absolute atomic E-state index is 0.0400. The van der Waals surface area contributed by atoms with Crippen LogP contribution in [0.25, 0.3) is 0 Å². The Labute approximate surface area is 139 Å². The van der Waals surface area contributed by atoms with Crippen LogP contribution in [0.2, 0.25) is 0 Å². The van der Waals surface area contributed by atoms with Gasteiger partial charge in [-0.25, -0.2) is 0 Å². The van der Waals surface area contributed by atoms with Crippen molar-refractivity contribution in [1.82, 2.24) is 9.59 Å². The summed E-state index contributed by atoms with van der Waals surface area (Å²) in [5.74, 6) is -0.0800. The van der Waals surface area contributed by atoms with Crippen molar-refractivity contribution in [3.05, 3.63) is 80.3 Å². The van der Waals surface area contributed by atoms with Crippen molar-refractivity contribution in [3.63, 3.8) is 0 Å². The first kappa shape index (κ1) is 17.0. The van der Waals surface area contributed by atoms with Gasteiger partial charge in [0.2, 0.25) is 11.5 Å². The fourth-order valence-electron chi connectivity index (χ4n) is 1.64. The summed E-state index contributed by atoms with van der Waals surface area (Å²) in [6, 6.07) is 11.4. The number of hydrogen-bond donors (Lipinski definition) is 0. The Morgan fingerprint density at radius 2 is 1.38 bits per heavy atom. The maximum absolute atomic E-state index is 10.8. The molecule has 0 bridgehead atoms. The standard InChI is InChI=1S/C12H8N2O5.C2H2N2S/c15-13(16)9-5-1-3-7-11(9)19-12-8-4-2-6-10(12)14(17)18;1-2-5-4-3-1/h1-8H;1-2H. The maximum atomic E-state index is 10.8. The molecular weight excluding hydrogens is 336 g/mol. The van der Waals surface area contributed by atoms with Crippen molar-refractivity contribution < 1.29 is 14.6 Å². The highest BCUT2D eigenvalue weighted by atomic mass is 32.1. The van der Waals surface area contributed by atoms with Gasteiger partial charge in [-0.15, -0.1) is 5.10 Å². The van der Waals surface area contributed by atoms with Gasteiger partial charge >= 0.3 is 11.4 Å². The van der Waals surface area contributed by atoms with Crippen molar-refractivity contribution in [2.24, 2.45) is 0 Å². The Morgan fingerprint density at radius 3 is 1.71 bits per heavy atom. The first-order valence-electron chi connectivity index (χ1n) is 6.45. The van der Waals surface area contributed by atoms with Crippen LogP contribution >= 0.6 is 11.5 Å². The van der Waals surface area contributed by atoms with Gasteiger partial charge in [0.05, 0.1) is 16.0 Å². The third-order valence-electron chi connectivity index (χ3n) is 2.63. The van der Waals surface area contributed by atoms with Crippen molar-refractivity contribution in [2.75, 3.05) is 0 Å². The molecule has 0 saturated heterocycles. The Hall–Kier alpha value is -3.40. The van der Waals surface area contributed by atoms with E-state index in [-0.39, 0.29) is 22.9 Å². The van der Waals surface area contributed by atoms with E-state index >= 15 is 0 Å². The molecule has 0 fully saturated rings. The quantitative estimate of drug-likeness (QED) is 0.519. The van der Waals surface area contributed by atoms with Crippen molar-refractivity contribution in [2.45, 2.75) is 0 Å². The molecule has 24 heavy (non-hydrogen) atoms. The second-order valence-corrected chi connectivity index (χ2v) is 4.79. The highest BCUT2D eigenvalue weighted by Gasteiger charge is 2.19. The molecule has 0 atom stereocenters. The number of ether oxygens (including phenoxy) is 1. The molecule has 0 aliphatic heterocycles. The number of nitrogens with zero attached hydrogens (tertiary/aromatic N) is 4. The van der Waals surface area contributed by atoms with Crippen molar-refractivity contribution in [3.8, 4) is 11.5 Å². The molecule has 1 heterocycles. The molecule has 2 aromatic carbocycles. The maximum Gasteiger partial charge on any atom is 0.311 e. The number of aromatic nitrogens is 2. The minimum Gasteiger partial charge on any atom is -0.443 e. The lowest BCUT2D eigenvalue weighted by Crippen LogP contribution is -1.96. The Bertz CT molecular complexity index is 753. The highest BCUT2D eigenvalue weighted by Crippen LogP contribution is 2.35. The van der Waals surface area contributed by atoms with E-state index in [4.69, 9.17) is 4.74 Å². The molecule has 0 aliphatic carbocycles. The van der Waals surface area contributed by atoms with E-state index in [9.17, 15) is 20.2 Å². The number of benzene rings is 2. The van der Waals surface area contributed by atoms with Gasteiger partial charge in [0, 0.05) is 17.5 Å². The molecule has 122 valence electrons. The number of nitro benzene ring substituents is 2. The van der Waals surface area contributed by atoms with E-state index in [2.05, 4.69) is 9.59 Å². The first-order chi connectivity index (χ1) is 11.6. The summed E-state index contributed by atoms with van der Waals surface area (Å²) >= 11 is 1.35. The lowest BCUT2D eigenvalue weighted by molar-refractivity contribution is -0.387. The fourth-order valence-corrected chi connectivity index (χ4v) is 1.92. The summed E-state index contributed by atoms with van der Waals surface area (Å²) in [5, 5.41) is 27.0. The molecule has 3 rings (SSSR count). The summed E-state index contributed by atoms with van der Waals surface area (Å²) < 4.78 is 8.79. The van der Waals surface area contributed by atoms with Crippen molar-refractivity contribution in [1.29, 1.82) is 0 Å². The predicted octanol–water partition coefficient (Wildman–Crippen LogP) is 3.83. The number of para-hydroxylation sites is 4. The van der Waals surface area contributed by atoms with Crippen LogP contribution in [0, 0.1) is 20.2 Å². The van der Waals surface area contributed by atoms with Crippen LogP contribution in [-0.4, -0.2) is 19.4 Å². The molecule has 10 heteroatoms. The molecule has 0 unspecified atom stereocenters. The average Bonchev–Trinajstić information content (AvgIpc) is 3.15. The van der Waals surface area contributed by atoms with E-state index in [0.29, 0.717) is 0 Å². The minimum atomic E-state index is -0.607. The van der Waals surface area contributed by atoms with Gasteiger partial charge in [0.25, 0.3) is 0 Å². The van der Waals surface area contributed by atoms with Gasteiger partial charge in [-0.1, -0.05) is 28.8 Å². The number of hydrogen-bond acceptors (Lipinski definition) is 8. The molecule has 1 aromatic heterocycles. The monoisotopic (exact) mass is 346 g/mol. The van der Waals surface area contributed by atoms with Gasteiger partial charge in [-0.2, -0.15) is 0 Å². The zero-order chi connectivity index (χ0) is 17.4. The van der Waals surface area contributed by atoms with E-state index in [0.717, 1.165) is 0 Å². The largest absolute Gasteiger partial charge is 0.443 e. The van der Waals surface area contributed by atoms with Crippen LogP contribution in [0.5, 0.6) is 11.5 Å². The molecule has 0 N–H and O–H groups in total. The molecule has 0 aliphatic rings. The summed E-state index contributed by atoms with van der Waals surface area (Å²) in [6.07, 6.45) is 1.66. The van der Waals surface area contributed by atoms with E-state index in [1.807, 2.05) is 5.38 Å². The molecular formula is C14H10N4O5S. The van der Waals surface area contributed by atoms with Crippen LogP contribution in [0.15, 0.2) is 60.1 Å². The number of rotatable bonds is 4. The lowest BCUT2D eigenvalue weighted by atomic mass is 10.2. The second-order valence-electron chi connectivity index (χ2n) is 4.14. The van der Waals surface area contributed by atoms with E-state index < -0.39 is 9.85 Å². The third-order valence-corrected chi connectivity index (χ3v) is 3.06. The smallest absolute Gasteiger partial charge is 0.311 e. The molecule has 0 amide bonds. The van der Waals surface area contributed by atoms with Gasteiger partial charge < -0.3 is 4.74 Å². The lowest BCUT2D eigenvalue weighted by Gasteiger charge is -2.06. The second kappa shape index (κ2) is 8.29. The topological polar surface area (TPSA) is 121 Å². The van der Waals surface area contributed by atoms with Crippen LogP contribution < -0.4 is 4.74 Å². The van der Waals surface area contributed by atoms with Crippen molar-refractivity contribution >= 4 is 22.9 Å². The van der Waals surface area contributed by atoms with E-state index in [1.165, 1.54) is 47.9 Å². The first-order valence-corrected chi connectivity index (χ1v) is 7.29. The normalized spacial score (nSPS) is 9.50. The fraction of sp³-hybridized carbons (Fsp3) is 0. The van der Waals surface area contributed by atoms with Crippen LogP contribution in [0.1, 0.15) is 0 Å². The third kappa shape index (κ3) is 4.55. The Balaban J connectivity index is 0.000000355. The molecule has 9 nitrogen and oxygen atoms in total. The van der Waals surface area contributed by atoms with Gasteiger partial charge in [0.1, 0.15) is 0 Å². The predicted molar refractivity (Wildman–Crippen MR) is 86.2 cm³/mol. The zero-order valence-corrected chi connectivity index (χ0v) is 12.8. The summed E-state index contributed by atoms with van der Waals surface area (Å²) in [5.41, 5.74) is -0.499. The molecule has 0 radical (unpaired) electrons. The van der Waals surface area contributed by atoms with Gasteiger partial charge in [0.15, 0.2) is 0 Å². The molecule has 0 spiro atoms. The van der Waals surface area contributed by atoms with Gasteiger partial charge in [-0.05, 0) is 23.7 Å². The summed E-state index contributed by atoms with van der Waals surface area (Å²) in [6.45, 7) is 0.